The standard InChI is InChI=1S/C14H16N2O2/c1-2-18-13-8-4-3-7-12(13)16-9-5-6-11(10-15)14(16)17/h3-9H,2,10,15H2,1H3. The number of pyridine rings is 1. The SMILES string of the molecule is CCOc1ccccc1-n1cccc(CN)c1=O. The van der Waals surface area contributed by atoms with Crippen LogP contribution in [0.5, 0.6) is 5.75 Å². The first-order chi connectivity index (χ1) is 8.77. The number of hydrogen-bond donors (Lipinski definition) is 1. The Morgan fingerprint density at radius 1 is 1.22 bits per heavy atom. The Bertz CT molecular complexity index is 590. The molecule has 0 bridgehead atoms. The quantitative estimate of drug-likeness (QED) is 0.890. The van der Waals surface area contributed by atoms with Gasteiger partial charge in [0.2, 0.25) is 0 Å². The molecule has 4 heteroatoms. The lowest BCUT2D eigenvalue weighted by Crippen LogP contribution is -2.23. The Hall–Kier alpha value is -2.07. The Morgan fingerprint density at radius 2 is 2.00 bits per heavy atom. The Balaban J connectivity index is 2.59. The number of para-hydroxylation sites is 2. The second-order valence-corrected chi connectivity index (χ2v) is 3.81. The van der Waals surface area contributed by atoms with Crippen LogP contribution >= 0.6 is 0 Å². The van der Waals surface area contributed by atoms with Crippen LogP contribution in [-0.2, 0) is 6.54 Å². The fourth-order valence-electron chi connectivity index (χ4n) is 1.82. The molecule has 0 spiro atoms. The average molecular weight is 244 g/mol. The highest BCUT2D eigenvalue weighted by Crippen LogP contribution is 2.21. The van der Waals surface area contributed by atoms with Crippen molar-refractivity contribution in [3.05, 3.63) is 58.5 Å². The Morgan fingerprint density at radius 3 is 2.72 bits per heavy atom. The highest BCUT2D eigenvalue weighted by Gasteiger charge is 2.08. The van der Waals surface area contributed by atoms with E-state index in [2.05, 4.69) is 0 Å². The van der Waals surface area contributed by atoms with Crippen LogP contribution in [0, 0.1) is 0 Å². The molecule has 0 saturated heterocycles. The summed E-state index contributed by atoms with van der Waals surface area (Å²) in [6, 6.07) is 11.0. The van der Waals surface area contributed by atoms with Gasteiger partial charge in [-0.1, -0.05) is 18.2 Å². The highest BCUT2D eigenvalue weighted by molar-refractivity contribution is 5.47. The molecule has 0 atom stereocenters. The maximum Gasteiger partial charge on any atom is 0.259 e. The molecule has 4 nitrogen and oxygen atoms in total. The molecule has 1 aromatic heterocycles. The summed E-state index contributed by atoms with van der Waals surface area (Å²) < 4.78 is 7.09. The first-order valence-corrected chi connectivity index (χ1v) is 5.90. The molecule has 2 rings (SSSR count). The zero-order valence-electron chi connectivity index (χ0n) is 10.3. The van der Waals surface area contributed by atoms with Gasteiger partial charge in [0.05, 0.1) is 12.3 Å². The summed E-state index contributed by atoms with van der Waals surface area (Å²) in [7, 11) is 0. The topological polar surface area (TPSA) is 57.2 Å². The van der Waals surface area contributed by atoms with Crippen molar-refractivity contribution in [3.63, 3.8) is 0 Å². The lowest BCUT2D eigenvalue weighted by atomic mass is 10.2. The van der Waals surface area contributed by atoms with E-state index in [1.165, 1.54) is 0 Å². The van der Waals surface area contributed by atoms with Gasteiger partial charge < -0.3 is 10.5 Å². The second kappa shape index (κ2) is 5.51. The van der Waals surface area contributed by atoms with Gasteiger partial charge in [-0.15, -0.1) is 0 Å². The van der Waals surface area contributed by atoms with E-state index in [-0.39, 0.29) is 12.1 Å². The molecule has 0 unspecified atom stereocenters. The van der Waals surface area contributed by atoms with Crippen LogP contribution in [0.2, 0.25) is 0 Å². The number of benzene rings is 1. The van der Waals surface area contributed by atoms with E-state index in [1.54, 1.807) is 16.8 Å². The maximum atomic E-state index is 12.2. The average Bonchev–Trinajstić information content (AvgIpc) is 2.40. The molecular formula is C14H16N2O2. The van der Waals surface area contributed by atoms with Gasteiger partial charge in [0, 0.05) is 18.3 Å². The van der Waals surface area contributed by atoms with Crippen LogP contribution in [-0.4, -0.2) is 11.2 Å². The van der Waals surface area contributed by atoms with Gasteiger partial charge in [0.1, 0.15) is 5.75 Å². The van der Waals surface area contributed by atoms with Crippen LogP contribution in [0.25, 0.3) is 5.69 Å². The smallest absolute Gasteiger partial charge is 0.259 e. The third-order valence-corrected chi connectivity index (χ3v) is 2.67. The number of aromatic nitrogens is 1. The summed E-state index contributed by atoms with van der Waals surface area (Å²) in [4.78, 5) is 12.2. The fraction of sp³-hybridized carbons (Fsp3) is 0.214. The summed E-state index contributed by atoms with van der Waals surface area (Å²) in [5.74, 6) is 0.691. The molecule has 0 saturated carbocycles. The predicted octanol–water partition coefficient (Wildman–Crippen LogP) is 1.69. The molecule has 0 aliphatic rings. The fourth-order valence-corrected chi connectivity index (χ4v) is 1.82. The first kappa shape index (κ1) is 12.4. The minimum atomic E-state index is -0.104. The van der Waals surface area contributed by atoms with Crippen LogP contribution in [0.3, 0.4) is 0 Å². The summed E-state index contributed by atoms with van der Waals surface area (Å²) in [5.41, 5.74) is 6.77. The molecule has 2 aromatic rings. The monoisotopic (exact) mass is 244 g/mol. The summed E-state index contributed by atoms with van der Waals surface area (Å²) in [5, 5.41) is 0. The van der Waals surface area contributed by atoms with E-state index < -0.39 is 0 Å². The van der Waals surface area contributed by atoms with Crippen molar-refractivity contribution < 1.29 is 4.74 Å². The number of rotatable bonds is 4. The van der Waals surface area contributed by atoms with Gasteiger partial charge in [-0.3, -0.25) is 9.36 Å². The normalized spacial score (nSPS) is 10.3. The van der Waals surface area contributed by atoms with Crippen molar-refractivity contribution in [1.82, 2.24) is 4.57 Å². The molecule has 94 valence electrons. The van der Waals surface area contributed by atoms with Gasteiger partial charge in [0.15, 0.2) is 0 Å². The van der Waals surface area contributed by atoms with E-state index >= 15 is 0 Å². The minimum Gasteiger partial charge on any atom is -0.492 e. The van der Waals surface area contributed by atoms with Crippen LogP contribution in [0.15, 0.2) is 47.4 Å². The van der Waals surface area contributed by atoms with E-state index in [1.807, 2.05) is 37.3 Å². The lowest BCUT2D eigenvalue weighted by Gasteiger charge is -2.12. The van der Waals surface area contributed by atoms with Gasteiger partial charge in [-0.2, -0.15) is 0 Å². The predicted molar refractivity (Wildman–Crippen MR) is 71.1 cm³/mol. The van der Waals surface area contributed by atoms with Gasteiger partial charge in [0.25, 0.3) is 5.56 Å². The van der Waals surface area contributed by atoms with Crippen LogP contribution in [0.1, 0.15) is 12.5 Å². The lowest BCUT2D eigenvalue weighted by molar-refractivity contribution is 0.339. The van der Waals surface area contributed by atoms with Crippen molar-refractivity contribution in [2.24, 2.45) is 5.73 Å². The molecule has 0 fully saturated rings. The Labute approximate surface area is 106 Å². The molecular weight excluding hydrogens is 228 g/mol. The van der Waals surface area contributed by atoms with Crippen molar-refractivity contribution in [1.29, 1.82) is 0 Å². The van der Waals surface area contributed by atoms with E-state index in [9.17, 15) is 4.79 Å². The van der Waals surface area contributed by atoms with Gasteiger partial charge in [-0.05, 0) is 25.1 Å². The summed E-state index contributed by atoms with van der Waals surface area (Å²) >= 11 is 0. The zero-order chi connectivity index (χ0) is 13.0. The van der Waals surface area contributed by atoms with Gasteiger partial charge >= 0.3 is 0 Å². The highest BCUT2D eigenvalue weighted by atomic mass is 16.5. The van der Waals surface area contributed by atoms with E-state index in [0.29, 0.717) is 17.9 Å². The van der Waals surface area contributed by atoms with Crippen molar-refractivity contribution >= 4 is 0 Å². The third kappa shape index (κ3) is 2.28. The van der Waals surface area contributed by atoms with Crippen LogP contribution < -0.4 is 16.0 Å². The number of hydrogen-bond acceptors (Lipinski definition) is 3. The zero-order valence-corrected chi connectivity index (χ0v) is 10.3. The van der Waals surface area contributed by atoms with E-state index in [4.69, 9.17) is 10.5 Å². The van der Waals surface area contributed by atoms with Crippen molar-refractivity contribution in [2.75, 3.05) is 6.61 Å². The van der Waals surface area contributed by atoms with Gasteiger partial charge in [-0.25, -0.2) is 0 Å². The molecule has 1 heterocycles. The molecule has 1 aromatic carbocycles. The number of nitrogens with zero attached hydrogens (tertiary/aromatic N) is 1. The van der Waals surface area contributed by atoms with Crippen molar-refractivity contribution in [2.45, 2.75) is 13.5 Å². The number of nitrogens with two attached hydrogens (primary N) is 1. The summed E-state index contributed by atoms with van der Waals surface area (Å²) in [6.07, 6.45) is 1.72. The number of ether oxygens (including phenoxy) is 1. The molecule has 0 aliphatic carbocycles. The van der Waals surface area contributed by atoms with Crippen LogP contribution in [0.4, 0.5) is 0 Å². The van der Waals surface area contributed by atoms with E-state index in [0.717, 1.165) is 5.69 Å². The Kier molecular flexibility index (Phi) is 3.79. The maximum absolute atomic E-state index is 12.2. The second-order valence-electron chi connectivity index (χ2n) is 3.81. The first-order valence-electron chi connectivity index (χ1n) is 5.90. The minimum absolute atomic E-state index is 0.104. The van der Waals surface area contributed by atoms with Crippen molar-refractivity contribution in [3.8, 4) is 11.4 Å². The molecule has 0 radical (unpaired) electrons. The summed E-state index contributed by atoms with van der Waals surface area (Å²) in [6.45, 7) is 2.70. The third-order valence-electron chi connectivity index (χ3n) is 2.67. The molecule has 0 amide bonds. The largest absolute Gasteiger partial charge is 0.492 e. The molecule has 2 N–H and O–H groups in total. The molecule has 0 aliphatic heterocycles. The molecule has 18 heavy (non-hydrogen) atoms.